The number of anilines is 1. The zero-order valence-corrected chi connectivity index (χ0v) is 11.2. The molecule has 0 saturated carbocycles. The molecule has 21 heavy (non-hydrogen) atoms. The minimum atomic E-state index is -1.05. The van der Waals surface area contributed by atoms with Gasteiger partial charge in [0.15, 0.2) is 0 Å². The number of aliphatic hydroxyl groups excluding tert-OH is 2. The number of hydrogen-bond acceptors (Lipinski definition) is 3. The molecule has 2 amide bonds. The van der Waals surface area contributed by atoms with Gasteiger partial charge < -0.3 is 25.4 Å². The summed E-state index contributed by atoms with van der Waals surface area (Å²) in [4.78, 5) is 11.6. The Balaban J connectivity index is 2.05. The number of aromatic nitrogens is 1. The van der Waals surface area contributed by atoms with Crippen molar-refractivity contribution in [3.63, 3.8) is 0 Å². The van der Waals surface area contributed by atoms with E-state index in [1.165, 1.54) is 12.1 Å². The summed E-state index contributed by atoms with van der Waals surface area (Å²) in [5.74, 6) is -0.566. The average molecular weight is 293 g/mol. The second-order valence-electron chi connectivity index (χ2n) is 4.43. The molecule has 0 saturated heterocycles. The zero-order chi connectivity index (χ0) is 15.2. The molecule has 0 bridgehead atoms. The first-order valence-electron chi connectivity index (χ1n) is 6.37. The number of benzene rings is 1. The summed E-state index contributed by atoms with van der Waals surface area (Å²) in [6, 6.07) is 7.35. The third-order valence-corrected chi connectivity index (χ3v) is 2.81. The van der Waals surface area contributed by atoms with E-state index in [0.29, 0.717) is 5.69 Å². The topological polar surface area (TPSA) is 86.5 Å². The predicted molar refractivity (Wildman–Crippen MR) is 75.8 cm³/mol. The number of hydrogen-bond donors (Lipinski definition) is 4. The summed E-state index contributed by atoms with van der Waals surface area (Å²) >= 11 is 0. The normalized spacial score (nSPS) is 12.0. The molecule has 1 unspecified atom stereocenters. The Kier molecular flexibility index (Phi) is 4.91. The summed E-state index contributed by atoms with van der Waals surface area (Å²) in [5, 5.41) is 22.5. The molecule has 1 aromatic heterocycles. The van der Waals surface area contributed by atoms with Crippen LogP contribution in [0.4, 0.5) is 14.9 Å². The molecule has 2 rings (SSSR count). The Labute approximate surface area is 120 Å². The zero-order valence-electron chi connectivity index (χ0n) is 11.2. The van der Waals surface area contributed by atoms with Gasteiger partial charge in [-0.1, -0.05) is 0 Å². The first-order valence-corrected chi connectivity index (χ1v) is 6.37. The molecule has 0 aliphatic carbocycles. The first-order chi connectivity index (χ1) is 10.1. The Bertz CT molecular complexity index is 602. The van der Waals surface area contributed by atoms with Crippen molar-refractivity contribution in [1.82, 2.24) is 9.88 Å². The lowest BCUT2D eigenvalue weighted by Crippen LogP contribution is -2.36. The van der Waals surface area contributed by atoms with Gasteiger partial charge in [-0.2, -0.15) is 0 Å². The lowest BCUT2D eigenvalue weighted by Gasteiger charge is -2.12. The molecule has 0 aliphatic heterocycles. The maximum Gasteiger partial charge on any atom is 0.319 e. The van der Waals surface area contributed by atoms with Gasteiger partial charge in [-0.3, -0.25) is 0 Å². The second kappa shape index (κ2) is 6.87. The predicted octanol–water partition coefficient (Wildman–Crippen LogP) is 1.09. The summed E-state index contributed by atoms with van der Waals surface area (Å²) in [7, 11) is 0. The SMILES string of the molecule is O=C(NCC(O)CO)Nc1cc(-n2cccc2)ccc1F. The van der Waals surface area contributed by atoms with Gasteiger partial charge in [0.05, 0.1) is 18.4 Å². The van der Waals surface area contributed by atoms with Crippen LogP contribution in [0.3, 0.4) is 0 Å². The molecule has 4 N–H and O–H groups in total. The van der Waals surface area contributed by atoms with Gasteiger partial charge in [0.25, 0.3) is 0 Å². The van der Waals surface area contributed by atoms with Crippen molar-refractivity contribution in [3.05, 3.63) is 48.5 Å². The molecule has 0 fully saturated rings. The van der Waals surface area contributed by atoms with E-state index >= 15 is 0 Å². The number of nitrogens with one attached hydrogen (secondary N) is 2. The van der Waals surface area contributed by atoms with E-state index in [0.717, 1.165) is 0 Å². The van der Waals surface area contributed by atoms with Crippen LogP contribution in [0.5, 0.6) is 0 Å². The van der Waals surface area contributed by atoms with Gasteiger partial charge in [-0.15, -0.1) is 0 Å². The number of carbonyl (C=O) groups is 1. The van der Waals surface area contributed by atoms with Crippen LogP contribution in [-0.2, 0) is 0 Å². The van der Waals surface area contributed by atoms with E-state index in [1.807, 2.05) is 12.1 Å². The Morgan fingerprint density at radius 1 is 1.33 bits per heavy atom. The largest absolute Gasteiger partial charge is 0.394 e. The number of carbonyl (C=O) groups excluding carboxylic acids is 1. The van der Waals surface area contributed by atoms with Crippen molar-refractivity contribution >= 4 is 11.7 Å². The fourth-order valence-corrected chi connectivity index (χ4v) is 1.72. The Hall–Kier alpha value is -2.38. The van der Waals surface area contributed by atoms with Gasteiger partial charge in [-0.05, 0) is 30.3 Å². The number of aliphatic hydroxyl groups is 2. The van der Waals surface area contributed by atoms with Gasteiger partial charge >= 0.3 is 6.03 Å². The molecule has 0 aliphatic rings. The van der Waals surface area contributed by atoms with Crippen LogP contribution in [0.25, 0.3) is 5.69 Å². The Morgan fingerprint density at radius 2 is 2.05 bits per heavy atom. The summed E-state index contributed by atoms with van der Waals surface area (Å²) in [6.07, 6.45) is 2.55. The van der Waals surface area contributed by atoms with Crippen LogP contribution < -0.4 is 10.6 Å². The van der Waals surface area contributed by atoms with Crippen molar-refractivity contribution in [2.24, 2.45) is 0 Å². The van der Waals surface area contributed by atoms with Crippen LogP contribution in [-0.4, -0.2) is 40.1 Å². The average Bonchev–Trinajstić information content (AvgIpc) is 3.01. The molecule has 2 aromatic rings. The highest BCUT2D eigenvalue weighted by molar-refractivity contribution is 5.89. The molecule has 1 aromatic carbocycles. The van der Waals surface area contributed by atoms with Crippen LogP contribution in [0.2, 0.25) is 0 Å². The van der Waals surface area contributed by atoms with Gasteiger partial charge in [0.2, 0.25) is 0 Å². The monoisotopic (exact) mass is 293 g/mol. The molecular weight excluding hydrogens is 277 g/mol. The standard InChI is InChI=1S/C14H16FN3O3/c15-12-4-3-10(18-5-1-2-6-18)7-13(12)17-14(21)16-8-11(20)9-19/h1-7,11,19-20H,8-9H2,(H2,16,17,21). The molecular formula is C14H16FN3O3. The van der Waals surface area contributed by atoms with E-state index < -0.39 is 24.6 Å². The minimum absolute atomic E-state index is 0.0252. The first kappa shape index (κ1) is 15.0. The number of halogens is 1. The molecule has 1 atom stereocenters. The smallest absolute Gasteiger partial charge is 0.319 e. The quantitative estimate of drug-likeness (QED) is 0.665. The molecule has 0 radical (unpaired) electrons. The molecule has 6 nitrogen and oxygen atoms in total. The van der Waals surface area contributed by atoms with Crippen LogP contribution in [0.1, 0.15) is 0 Å². The molecule has 1 heterocycles. The number of rotatable bonds is 5. The van der Waals surface area contributed by atoms with Gasteiger partial charge in [0.1, 0.15) is 5.82 Å². The second-order valence-corrected chi connectivity index (χ2v) is 4.43. The number of amides is 2. The van der Waals surface area contributed by atoms with Crippen molar-refractivity contribution in [2.75, 3.05) is 18.5 Å². The summed E-state index contributed by atoms with van der Waals surface area (Å²) < 4.78 is 15.5. The third-order valence-electron chi connectivity index (χ3n) is 2.81. The molecule has 7 heteroatoms. The van der Waals surface area contributed by atoms with E-state index in [9.17, 15) is 9.18 Å². The van der Waals surface area contributed by atoms with E-state index in [2.05, 4.69) is 10.6 Å². The lowest BCUT2D eigenvalue weighted by atomic mass is 10.2. The van der Waals surface area contributed by atoms with Crippen molar-refractivity contribution in [2.45, 2.75) is 6.10 Å². The van der Waals surface area contributed by atoms with Gasteiger partial charge in [-0.25, -0.2) is 9.18 Å². The molecule has 112 valence electrons. The highest BCUT2D eigenvalue weighted by Crippen LogP contribution is 2.19. The minimum Gasteiger partial charge on any atom is -0.394 e. The fourth-order valence-electron chi connectivity index (χ4n) is 1.72. The number of nitrogens with zero attached hydrogens (tertiary/aromatic N) is 1. The van der Waals surface area contributed by atoms with Crippen LogP contribution >= 0.6 is 0 Å². The van der Waals surface area contributed by atoms with E-state index in [-0.39, 0.29) is 12.2 Å². The third kappa shape index (κ3) is 4.04. The van der Waals surface area contributed by atoms with Crippen molar-refractivity contribution in [1.29, 1.82) is 0 Å². The molecule has 0 spiro atoms. The fraction of sp³-hybridized carbons (Fsp3) is 0.214. The van der Waals surface area contributed by atoms with Crippen molar-refractivity contribution < 1.29 is 19.4 Å². The van der Waals surface area contributed by atoms with Gasteiger partial charge in [0, 0.05) is 24.6 Å². The van der Waals surface area contributed by atoms with E-state index in [4.69, 9.17) is 10.2 Å². The summed E-state index contributed by atoms with van der Waals surface area (Å²) in [6.45, 7) is -0.584. The number of urea groups is 1. The lowest BCUT2D eigenvalue weighted by molar-refractivity contribution is 0.0965. The maximum absolute atomic E-state index is 13.7. The van der Waals surface area contributed by atoms with Crippen LogP contribution in [0.15, 0.2) is 42.7 Å². The van der Waals surface area contributed by atoms with E-state index in [1.54, 1.807) is 23.0 Å². The highest BCUT2D eigenvalue weighted by atomic mass is 19.1. The summed E-state index contributed by atoms with van der Waals surface area (Å²) in [5.41, 5.74) is 0.726. The van der Waals surface area contributed by atoms with Crippen molar-refractivity contribution in [3.8, 4) is 5.69 Å². The Morgan fingerprint density at radius 3 is 2.71 bits per heavy atom. The maximum atomic E-state index is 13.7. The van der Waals surface area contributed by atoms with Crippen LogP contribution in [0, 0.1) is 5.82 Å². The highest BCUT2D eigenvalue weighted by Gasteiger charge is 2.10.